The number of hydrogen-bond acceptors (Lipinski definition) is 5. The molecule has 164 valence electrons. The highest BCUT2D eigenvalue weighted by Crippen LogP contribution is 2.44. The summed E-state index contributed by atoms with van der Waals surface area (Å²) in [6.07, 6.45) is 1.42. The fraction of sp³-hybridized carbons (Fsp3) is 0.130. The van der Waals surface area contributed by atoms with E-state index < -0.39 is 23.5 Å². The summed E-state index contributed by atoms with van der Waals surface area (Å²) in [4.78, 5) is 27.5. The third-order valence-electron chi connectivity index (χ3n) is 5.15. The standard InChI is InChI=1S/C23H16Cl3NO5/c1-11-8-13(24)5-6-16(11)27-19(17-4-3-7-32-17)18(21(29)23(27)30)20(28)12-9-14(25)22(31-2)15(26)10-12/h3-10,19,28H,1-2H3/b20-18-. The first kappa shape index (κ1) is 22.3. The van der Waals surface area contributed by atoms with Crippen LogP contribution in [0.25, 0.3) is 5.76 Å². The van der Waals surface area contributed by atoms with Crippen molar-refractivity contribution in [3.8, 4) is 5.75 Å². The highest BCUT2D eigenvalue weighted by molar-refractivity contribution is 6.52. The van der Waals surface area contributed by atoms with Gasteiger partial charge in [-0.2, -0.15) is 0 Å². The maximum absolute atomic E-state index is 13.1. The number of carbonyl (C=O) groups excluding carboxylic acids is 2. The summed E-state index contributed by atoms with van der Waals surface area (Å²) in [6, 6.07) is 9.98. The van der Waals surface area contributed by atoms with Crippen molar-refractivity contribution in [3.63, 3.8) is 0 Å². The van der Waals surface area contributed by atoms with Crippen LogP contribution in [0.5, 0.6) is 5.75 Å². The molecule has 0 aliphatic carbocycles. The number of ether oxygens (including phenoxy) is 1. The van der Waals surface area contributed by atoms with E-state index in [0.29, 0.717) is 22.0 Å². The molecular formula is C23H16Cl3NO5. The number of rotatable bonds is 4. The first-order chi connectivity index (χ1) is 15.2. The van der Waals surface area contributed by atoms with E-state index in [-0.39, 0.29) is 26.9 Å². The van der Waals surface area contributed by atoms with Gasteiger partial charge in [0.1, 0.15) is 17.6 Å². The monoisotopic (exact) mass is 491 g/mol. The maximum atomic E-state index is 13.1. The molecule has 0 saturated carbocycles. The number of hydrogen-bond donors (Lipinski definition) is 1. The SMILES string of the molecule is COc1c(Cl)cc(/C(O)=C2/C(=O)C(=O)N(c3ccc(Cl)cc3C)C2c2ccco2)cc1Cl. The molecule has 9 heteroatoms. The summed E-state index contributed by atoms with van der Waals surface area (Å²) in [5.41, 5.74) is 1.13. The Morgan fingerprint density at radius 1 is 1.09 bits per heavy atom. The largest absolute Gasteiger partial charge is 0.507 e. The van der Waals surface area contributed by atoms with Crippen LogP contribution in [-0.2, 0) is 9.59 Å². The zero-order valence-corrected chi connectivity index (χ0v) is 19.1. The van der Waals surface area contributed by atoms with Gasteiger partial charge < -0.3 is 14.3 Å². The Kier molecular flexibility index (Phi) is 5.95. The van der Waals surface area contributed by atoms with Crippen molar-refractivity contribution in [3.05, 3.63) is 86.3 Å². The fourth-order valence-corrected chi connectivity index (χ4v) is 4.60. The van der Waals surface area contributed by atoms with Gasteiger partial charge in [0, 0.05) is 16.3 Å². The quantitative estimate of drug-likeness (QED) is 0.267. The van der Waals surface area contributed by atoms with Crippen LogP contribution < -0.4 is 9.64 Å². The molecule has 1 N–H and O–H groups in total. The van der Waals surface area contributed by atoms with E-state index in [1.807, 2.05) is 0 Å². The second-order valence-electron chi connectivity index (χ2n) is 7.09. The first-order valence-corrected chi connectivity index (χ1v) is 10.5. The Labute approximate surface area is 198 Å². The fourth-order valence-electron chi connectivity index (χ4n) is 3.73. The highest BCUT2D eigenvalue weighted by atomic mass is 35.5. The number of aliphatic hydroxyl groups excluding tert-OH is 1. The van der Waals surface area contributed by atoms with Crippen LogP contribution in [0.15, 0.2) is 58.7 Å². The van der Waals surface area contributed by atoms with Crippen LogP contribution in [0.2, 0.25) is 15.1 Å². The molecule has 1 unspecified atom stereocenters. The summed E-state index contributed by atoms with van der Waals surface area (Å²) in [7, 11) is 1.41. The number of ketones is 1. The Balaban J connectivity index is 1.95. The van der Waals surface area contributed by atoms with E-state index in [1.165, 1.54) is 30.4 Å². The number of methoxy groups -OCH3 is 1. The molecule has 1 aliphatic heterocycles. The van der Waals surface area contributed by atoms with Crippen molar-refractivity contribution in [2.45, 2.75) is 13.0 Å². The zero-order chi connectivity index (χ0) is 23.2. The second-order valence-corrected chi connectivity index (χ2v) is 8.34. The second kappa shape index (κ2) is 8.54. The number of benzene rings is 2. The average molecular weight is 493 g/mol. The van der Waals surface area contributed by atoms with E-state index in [0.717, 1.165) is 0 Å². The third-order valence-corrected chi connectivity index (χ3v) is 5.95. The number of carbonyl (C=O) groups is 2. The van der Waals surface area contributed by atoms with Crippen LogP contribution in [-0.4, -0.2) is 23.9 Å². The lowest BCUT2D eigenvalue weighted by Gasteiger charge is -2.25. The summed E-state index contributed by atoms with van der Waals surface area (Å²) in [5, 5.41) is 11.9. The highest BCUT2D eigenvalue weighted by Gasteiger charge is 2.48. The molecule has 2 heterocycles. The number of amides is 1. The van der Waals surface area contributed by atoms with E-state index >= 15 is 0 Å². The van der Waals surface area contributed by atoms with Gasteiger partial charge in [-0.25, -0.2) is 0 Å². The van der Waals surface area contributed by atoms with Gasteiger partial charge in [-0.3, -0.25) is 14.5 Å². The molecule has 1 amide bonds. The maximum Gasteiger partial charge on any atom is 0.300 e. The van der Waals surface area contributed by atoms with Crippen LogP contribution in [0.4, 0.5) is 5.69 Å². The molecule has 0 bridgehead atoms. The Hall–Kier alpha value is -2.93. The number of nitrogens with zero attached hydrogens (tertiary/aromatic N) is 1. The number of halogens is 3. The molecule has 3 aromatic rings. The molecule has 0 spiro atoms. The van der Waals surface area contributed by atoms with Gasteiger partial charge in [-0.15, -0.1) is 0 Å². The topological polar surface area (TPSA) is 80.0 Å². The van der Waals surface area contributed by atoms with Gasteiger partial charge in [0.05, 0.1) is 29.0 Å². The van der Waals surface area contributed by atoms with Crippen molar-refractivity contribution >= 4 is 57.9 Å². The normalized spacial score (nSPS) is 17.8. The molecule has 32 heavy (non-hydrogen) atoms. The van der Waals surface area contributed by atoms with Crippen LogP contribution >= 0.6 is 34.8 Å². The van der Waals surface area contributed by atoms with Crippen LogP contribution in [0, 0.1) is 6.92 Å². The number of furan rings is 1. The number of aliphatic hydroxyl groups is 1. The van der Waals surface area contributed by atoms with Crippen LogP contribution in [0.1, 0.15) is 22.9 Å². The smallest absolute Gasteiger partial charge is 0.300 e. The Morgan fingerprint density at radius 3 is 2.34 bits per heavy atom. The molecule has 1 fully saturated rings. The number of aryl methyl sites for hydroxylation is 1. The van der Waals surface area contributed by atoms with Gasteiger partial charge in [-0.1, -0.05) is 34.8 Å². The van der Waals surface area contributed by atoms with Gasteiger partial charge >= 0.3 is 0 Å². The lowest BCUT2D eigenvalue weighted by atomic mass is 9.99. The summed E-state index contributed by atoms with van der Waals surface area (Å²) < 4.78 is 10.7. The van der Waals surface area contributed by atoms with Crippen molar-refractivity contribution in [2.75, 3.05) is 12.0 Å². The van der Waals surface area contributed by atoms with E-state index in [9.17, 15) is 14.7 Å². The van der Waals surface area contributed by atoms with Crippen molar-refractivity contribution < 1.29 is 23.8 Å². The van der Waals surface area contributed by atoms with Gasteiger partial charge in [0.25, 0.3) is 11.7 Å². The number of Topliss-reactive ketones (excluding diaryl/α,β-unsaturated/α-hetero) is 1. The predicted molar refractivity (Wildman–Crippen MR) is 123 cm³/mol. The van der Waals surface area contributed by atoms with Crippen LogP contribution in [0.3, 0.4) is 0 Å². The minimum Gasteiger partial charge on any atom is -0.507 e. The van der Waals surface area contributed by atoms with E-state index in [1.54, 1.807) is 37.3 Å². The van der Waals surface area contributed by atoms with Crippen molar-refractivity contribution in [1.82, 2.24) is 0 Å². The average Bonchev–Trinajstić information content (AvgIpc) is 3.35. The van der Waals surface area contributed by atoms with E-state index in [4.69, 9.17) is 44.0 Å². The van der Waals surface area contributed by atoms with E-state index in [2.05, 4.69) is 0 Å². The first-order valence-electron chi connectivity index (χ1n) is 9.38. The molecule has 1 aromatic heterocycles. The Bertz CT molecular complexity index is 1240. The number of anilines is 1. The summed E-state index contributed by atoms with van der Waals surface area (Å²) >= 11 is 18.5. The summed E-state index contributed by atoms with van der Waals surface area (Å²) in [5.74, 6) is -1.61. The molecule has 1 aliphatic rings. The van der Waals surface area contributed by atoms with Crippen molar-refractivity contribution in [1.29, 1.82) is 0 Å². The molecule has 1 atom stereocenters. The predicted octanol–water partition coefficient (Wildman–Crippen LogP) is 6.18. The van der Waals surface area contributed by atoms with Gasteiger partial charge in [0.2, 0.25) is 0 Å². The lowest BCUT2D eigenvalue weighted by Crippen LogP contribution is -2.29. The molecule has 0 radical (unpaired) electrons. The zero-order valence-electron chi connectivity index (χ0n) is 16.9. The molecule has 4 rings (SSSR count). The molecule has 1 saturated heterocycles. The van der Waals surface area contributed by atoms with Gasteiger partial charge in [-0.05, 0) is 55.0 Å². The molecular weight excluding hydrogens is 477 g/mol. The minimum atomic E-state index is -1.01. The molecule has 6 nitrogen and oxygen atoms in total. The minimum absolute atomic E-state index is 0.138. The third kappa shape index (κ3) is 3.64. The van der Waals surface area contributed by atoms with Gasteiger partial charge in [0.15, 0.2) is 5.75 Å². The summed E-state index contributed by atoms with van der Waals surface area (Å²) in [6.45, 7) is 1.77. The Morgan fingerprint density at radius 2 is 1.78 bits per heavy atom. The molecule has 2 aromatic carbocycles. The van der Waals surface area contributed by atoms with Crippen molar-refractivity contribution in [2.24, 2.45) is 0 Å². The lowest BCUT2D eigenvalue weighted by molar-refractivity contribution is -0.132.